The molecule has 2 aliphatic rings. The largest absolute Gasteiger partial charge is 0.357 e. The molecule has 3 rings (SSSR count). The van der Waals surface area contributed by atoms with E-state index < -0.39 is 0 Å². The summed E-state index contributed by atoms with van der Waals surface area (Å²) in [5.41, 5.74) is 0. The number of likely N-dealkylation sites (tertiary alicyclic amines) is 1. The van der Waals surface area contributed by atoms with Crippen molar-refractivity contribution in [1.29, 1.82) is 0 Å². The summed E-state index contributed by atoms with van der Waals surface area (Å²) in [4.78, 5) is 13.6. The number of pyridine rings is 1. The van der Waals surface area contributed by atoms with Gasteiger partial charge in [0.05, 0.1) is 6.54 Å². The van der Waals surface area contributed by atoms with Gasteiger partial charge in [0.2, 0.25) is 0 Å². The van der Waals surface area contributed by atoms with Crippen LogP contribution in [0.1, 0.15) is 46.5 Å². The molecule has 6 nitrogen and oxygen atoms in total. The Balaban J connectivity index is 1.55. The lowest BCUT2D eigenvalue weighted by atomic mass is 10.0. The maximum absolute atomic E-state index is 14.0. The number of hydrogen-bond donors (Lipinski definition) is 2. The summed E-state index contributed by atoms with van der Waals surface area (Å²) in [5, 5.41) is 6.89. The van der Waals surface area contributed by atoms with E-state index in [1.54, 1.807) is 12.3 Å². The van der Waals surface area contributed by atoms with Crippen LogP contribution in [0.2, 0.25) is 0 Å². The molecule has 0 saturated carbocycles. The van der Waals surface area contributed by atoms with Gasteiger partial charge in [-0.05, 0) is 58.7 Å². The molecule has 1 aromatic heterocycles. The van der Waals surface area contributed by atoms with Crippen LogP contribution in [0.15, 0.2) is 23.3 Å². The number of nitrogens with zero attached hydrogens (tertiary/aromatic N) is 4. The zero-order chi connectivity index (χ0) is 19.9. The quantitative estimate of drug-likeness (QED) is 0.578. The molecule has 2 saturated heterocycles. The molecule has 3 unspecified atom stereocenters. The van der Waals surface area contributed by atoms with Crippen LogP contribution in [0.25, 0.3) is 0 Å². The van der Waals surface area contributed by atoms with E-state index in [-0.39, 0.29) is 11.9 Å². The zero-order valence-corrected chi connectivity index (χ0v) is 17.5. The molecule has 2 N–H and O–H groups in total. The molecule has 2 fully saturated rings. The van der Waals surface area contributed by atoms with Gasteiger partial charge >= 0.3 is 0 Å². The van der Waals surface area contributed by atoms with Crippen LogP contribution >= 0.6 is 0 Å². The molecule has 3 heterocycles. The Hall–Kier alpha value is -1.89. The van der Waals surface area contributed by atoms with E-state index in [2.05, 4.69) is 41.3 Å². The minimum absolute atomic E-state index is 0.239. The summed E-state index contributed by atoms with van der Waals surface area (Å²) < 4.78 is 14.0. The van der Waals surface area contributed by atoms with Crippen molar-refractivity contribution in [1.82, 2.24) is 20.5 Å². The van der Waals surface area contributed by atoms with Crippen molar-refractivity contribution < 1.29 is 4.39 Å². The average Bonchev–Trinajstić information content (AvgIpc) is 3.15. The topological polar surface area (TPSA) is 55.8 Å². The summed E-state index contributed by atoms with van der Waals surface area (Å²) in [7, 11) is 0. The van der Waals surface area contributed by atoms with E-state index >= 15 is 0 Å². The van der Waals surface area contributed by atoms with Crippen LogP contribution in [0.4, 0.5) is 10.2 Å². The summed E-state index contributed by atoms with van der Waals surface area (Å²) in [6.45, 7) is 11.0. The highest BCUT2D eigenvalue weighted by Gasteiger charge is 2.26. The van der Waals surface area contributed by atoms with Gasteiger partial charge in [-0.3, -0.25) is 9.89 Å². The van der Waals surface area contributed by atoms with Crippen molar-refractivity contribution in [3.63, 3.8) is 0 Å². The fourth-order valence-electron chi connectivity index (χ4n) is 4.30. The van der Waals surface area contributed by atoms with Crippen molar-refractivity contribution in [2.45, 2.75) is 64.6 Å². The smallest absolute Gasteiger partial charge is 0.191 e. The van der Waals surface area contributed by atoms with E-state index in [0.717, 1.165) is 38.6 Å². The fraction of sp³-hybridized carbons (Fsp3) is 0.714. The summed E-state index contributed by atoms with van der Waals surface area (Å²) in [5.74, 6) is 1.04. The minimum atomic E-state index is -0.256. The molecule has 28 heavy (non-hydrogen) atoms. The van der Waals surface area contributed by atoms with E-state index in [4.69, 9.17) is 4.99 Å². The highest BCUT2D eigenvalue weighted by molar-refractivity contribution is 5.80. The normalized spacial score (nSPS) is 25.0. The van der Waals surface area contributed by atoms with Gasteiger partial charge in [0.25, 0.3) is 0 Å². The van der Waals surface area contributed by atoms with Crippen LogP contribution in [0.3, 0.4) is 0 Å². The van der Waals surface area contributed by atoms with Gasteiger partial charge in [-0.2, -0.15) is 0 Å². The van der Waals surface area contributed by atoms with Gasteiger partial charge in [0.1, 0.15) is 0 Å². The molecule has 0 spiro atoms. The molecular weight excluding hydrogens is 355 g/mol. The second-order valence-corrected chi connectivity index (χ2v) is 8.04. The third-order valence-corrected chi connectivity index (χ3v) is 5.85. The van der Waals surface area contributed by atoms with E-state index in [1.165, 1.54) is 31.9 Å². The van der Waals surface area contributed by atoms with E-state index in [9.17, 15) is 4.39 Å². The van der Waals surface area contributed by atoms with Crippen LogP contribution < -0.4 is 15.5 Å². The van der Waals surface area contributed by atoms with Gasteiger partial charge in [-0.25, -0.2) is 9.37 Å². The van der Waals surface area contributed by atoms with Crippen molar-refractivity contribution in [2.75, 3.05) is 37.6 Å². The summed E-state index contributed by atoms with van der Waals surface area (Å²) >= 11 is 0. The number of rotatable bonds is 6. The molecule has 7 heteroatoms. The predicted molar refractivity (Wildman–Crippen MR) is 113 cm³/mol. The Kier molecular flexibility index (Phi) is 7.48. The SMILES string of the molecule is CCNC(=NCC(C)N1CCCCC1C)NC1CCN(c2ncccc2F)C1. The maximum Gasteiger partial charge on any atom is 0.191 e. The van der Waals surface area contributed by atoms with Crippen molar-refractivity contribution >= 4 is 11.8 Å². The first-order chi connectivity index (χ1) is 13.6. The molecule has 3 atom stereocenters. The lowest BCUT2D eigenvalue weighted by molar-refractivity contribution is 0.118. The number of guanidine groups is 1. The van der Waals surface area contributed by atoms with Gasteiger partial charge in [-0.1, -0.05) is 6.42 Å². The standard InChI is InChI=1S/C21H35FN6/c1-4-23-21(25-14-17(3)28-12-6-5-8-16(28)2)26-18-10-13-27(15-18)20-19(22)9-7-11-24-20/h7,9,11,16-18H,4-6,8,10,12-15H2,1-3H3,(H2,23,25,26). The third-order valence-electron chi connectivity index (χ3n) is 5.85. The zero-order valence-electron chi connectivity index (χ0n) is 17.5. The molecule has 0 bridgehead atoms. The Morgan fingerprint density at radius 2 is 2.21 bits per heavy atom. The molecule has 156 valence electrons. The molecule has 0 aromatic carbocycles. The lowest BCUT2D eigenvalue weighted by Crippen LogP contribution is -2.47. The lowest BCUT2D eigenvalue weighted by Gasteiger charge is -2.37. The number of piperidine rings is 1. The average molecular weight is 391 g/mol. The van der Waals surface area contributed by atoms with Gasteiger partial charge in [0.15, 0.2) is 17.6 Å². The second-order valence-electron chi connectivity index (χ2n) is 8.04. The molecule has 0 amide bonds. The first kappa shape index (κ1) is 20.8. The molecule has 0 aliphatic carbocycles. The number of aliphatic imine (C=N–C) groups is 1. The summed E-state index contributed by atoms with van der Waals surface area (Å²) in [6.07, 6.45) is 6.51. The maximum atomic E-state index is 14.0. The number of nitrogens with one attached hydrogen (secondary N) is 2. The van der Waals surface area contributed by atoms with Crippen LogP contribution in [0, 0.1) is 5.82 Å². The fourth-order valence-corrected chi connectivity index (χ4v) is 4.30. The highest BCUT2D eigenvalue weighted by Crippen LogP contribution is 2.21. The minimum Gasteiger partial charge on any atom is -0.357 e. The first-order valence-electron chi connectivity index (χ1n) is 10.7. The monoisotopic (exact) mass is 390 g/mol. The molecule has 2 aliphatic heterocycles. The molecule has 0 radical (unpaired) electrons. The first-order valence-corrected chi connectivity index (χ1v) is 10.7. The van der Waals surface area contributed by atoms with Crippen molar-refractivity contribution in [2.24, 2.45) is 4.99 Å². The molecule has 1 aromatic rings. The van der Waals surface area contributed by atoms with Crippen molar-refractivity contribution in [3.05, 3.63) is 24.1 Å². The van der Waals surface area contributed by atoms with E-state index in [1.807, 2.05) is 4.90 Å². The Labute approximate surface area is 168 Å². The highest BCUT2D eigenvalue weighted by atomic mass is 19.1. The van der Waals surface area contributed by atoms with Gasteiger partial charge < -0.3 is 15.5 Å². The third kappa shape index (κ3) is 5.34. The number of anilines is 1. The van der Waals surface area contributed by atoms with Gasteiger partial charge in [0, 0.05) is 44.0 Å². The Morgan fingerprint density at radius 1 is 1.36 bits per heavy atom. The van der Waals surface area contributed by atoms with Crippen LogP contribution in [0.5, 0.6) is 0 Å². The van der Waals surface area contributed by atoms with Gasteiger partial charge in [-0.15, -0.1) is 0 Å². The van der Waals surface area contributed by atoms with Crippen LogP contribution in [-0.4, -0.2) is 66.7 Å². The Bertz CT molecular complexity index is 652. The van der Waals surface area contributed by atoms with E-state index in [0.29, 0.717) is 17.9 Å². The number of hydrogen-bond acceptors (Lipinski definition) is 4. The second kappa shape index (κ2) is 10.0. The van der Waals surface area contributed by atoms with Crippen LogP contribution in [-0.2, 0) is 0 Å². The molecular formula is C21H35FN6. The Morgan fingerprint density at radius 3 is 2.96 bits per heavy atom. The number of halogens is 1. The predicted octanol–water partition coefficient (Wildman–Crippen LogP) is 2.62. The number of aromatic nitrogens is 1. The van der Waals surface area contributed by atoms with Crippen molar-refractivity contribution in [3.8, 4) is 0 Å². The summed E-state index contributed by atoms with van der Waals surface area (Å²) in [6, 6.07) is 4.42.